The second-order valence-electron chi connectivity index (χ2n) is 3.83. The van der Waals surface area contributed by atoms with Crippen molar-refractivity contribution in [1.82, 2.24) is 24.7 Å². The van der Waals surface area contributed by atoms with Gasteiger partial charge in [0, 0.05) is 12.1 Å². The molecule has 0 fully saturated rings. The molecule has 0 aromatic carbocycles. The lowest BCUT2D eigenvalue weighted by atomic mass is 10.2. The van der Waals surface area contributed by atoms with Gasteiger partial charge in [0.05, 0.1) is 12.2 Å². The van der Waals surface area contributed by atoms with Gasteiger partial charge in [-0.1, -0.05) is 13.8 Å². The highest BCUT2D eigenvalue weighted by Gasteiger charge is 2.10. The number of aromatic amines is 1. The topological polar surface area (TPSA) is 59.4 Å². The predicted octanol–water partition coefficient (Wildman–Crippen LogP) is 1.90. The summed E-state index contributed by atoms with van der Waals surface area (Å²) in [6.07, 6.45) is 3.26. The van der Waals surface area contributed by atoms with Crippen molar-refractivity contribution in [1.29, 1.82) is 0 Å². The molecule has 1 N–H and O–H groups in total. The fourth-order valence-corrected chi connectivity index (χ4v) is 1.70. The summed E-state index contributed by atoms with van der Waals surface area (Å²) in [5, 5.41) is 7.02. The Bertz CT molecular complexity index is 514. The maximum Gasteiger partial charge on any atom is 0.195 e. The van der Waals surface area contributed by atoms with Gasteiger partial charge in [-0.15, -0.1) is 0 Å². The van der Waals surface area contributed by atoms with Crippen LogP contribution in [0.4, 0.5) is 0 Å². The summed E-state index contributed by atoms with van der Waals surface area (Å²) in [7, 11) is 0. The third kappa shape index (κ3) is 2.16. The highest BCUT2D eigenvalue weighted by atomic mass is 32.1. The number of nitrogens with one attached hydrogen (secondary N) is 1. The molecule has 0 amide bonds. The van der Waals surface area contributed by atoms with E-state index in [9.17, 15) is 0 Å². The summed E-state index contributed by atoms with van der Waals surface area (Å²) in [5.74, 6) is 1.28. The first kappa shape index (κ1) is 10.9. The van der Waals surface area contributed by atoms with Gasteiger partial charge in [0.25, 0.3) is 0 Å². The zero-order chi connectivity index (χ0) is 11.5. The Kier molecular flexibility index (Phi) is 3.09. The Balaban J connectivity index is 2.34. The standard InChI is InChI=1S/C10H13N5S/c1-7(2)9-13-14-10(16)15(9)5-8-3-4-11-6-12-8/h3-4,6-7H,5H2,1-2H3,(H,14,16). The van der Waals surface area contributed by atoms with Crippen molar-refractivity contribution in [2.24, 2.45) is 0 Å². The zero-order valence-corrected chi connectivity index (χ0v) is 10.0. The van der Waals surface area contributed by atoms with Crippen LogP contribution in [0, 0.1) is 4.77 Å². The van der Waals surface area contributed by atoms with Crippen molar-refractivity contribution in [3.8, 4) is 0 Å². The number of hydrogen-bond donors (Lipinski definition) is 1. The van der Waals surface area contributed by atoms with Crippen molar-refractivity contribution >= 4 is 12.2 Å². The molecule has 16 heavy (non-hydrogen) atoms. The molecule has 6 heteroatoms. The maximum atomic E-state index is 5.19. The molecule has 0 aliphatic carbocycles. The van der Waals surface area contributed by atoms with Crippen LogP contribution in [0.15, 0.2) is 18.6 Å². The van der Waals surface area contributed by atoms with Crippen molar-refractivity contribution in [3.63, 3.8) is 0 Å². The Morgan fingerprint density at radius 3 is 2.94 bits per heavy atom. The van der Waals surface area contributed by atoms with E-state index < -0.39 is 0 Å². The van der Waals surface area contributed by atoms with Crippen molar-refractivity contribution in [2.75, 3.05) is 0 Å². The molecule has 0 saturated carbocycles. The lowest BCUT2D eigenvalue weighted by molar-refractivity contribution is 0.655. The average molecular weight is 235 g/mol. The zero-order valence-electron chi connectivity index (χ0n) is 9.21. The van der Waals surface area contributed by atoms with Crippen molar-refractivity contribution < 1.29 is 0 Å². The molecule has 2 heterocycles. The summed E-state index contributed by atoms with van der Waals surface area (Å²) in [5.41, 5.74) is 0.925. The highest BCUT2D eigenvalue weighted by Crippen LogP contribution is 2.12. The molecular formula is C10H13N5S. The molecule has 2 aromatic rings. The average Bonchev–Trinajstić information content (AvgIpc) is 2.62. The van der Waals surface area contributed by atoms with Gasteiger partial charge < -0.3 is 0 Å². The van der Waals surface area contributed by atoms with E-state index in [4.69, 9.17) is 12.2 Å². The number of H-pyrrole nitrogens is 1. The first-order valence-corrected chi connectivity index (χ1v) is 5.49. The lowest BCUT2D eigenvalue weighted by Gasteiger charge is -2.08. The van der Waals surface area contributed by atoms with Gasteiger partial charge in [-0.05, 0) is 18.3 Å². The lowest BCUT2D eigenvalue weighted by Crippen LogP contribution is -2.08. The molecule has 0 saturated heterocycles. The molecule has 0 radical (unpaired) electrons. The summed E-state index contributed by atoms with van der Waals surface area (Å²) < 4.78 is 2.59. The normalized spacial score (nSPS) is 10.9. The second-order valence-corrected chi connectivity index (χ2v) is 4.22. The van der Waals surface area contributed by atoms with E-state index in [0.29, 0.717) is 17.2 Å². The van der Waals surface area contributed by atoms with Crippen LogP contribution in [0.2, 0.25) is 0 Å². The Labute approximate surface area is 98.6 Å². The van der Waals surface area contributed by atoms with Crippen LogP contribution >= 0.6 is 12.2 Å². The van der Waals surface area contributed by atoms with E-state index >= 15 is 0 Å². The van der Waals surface area contributed by atoms with Crippen LogP contribution in [-0.2, 0) is 6.54 Å². The minimum atomic E-state index is 0.329. The van der Waals surface area contributed by atoms with E-state index in [1.54, 1.807) is 6.20 Å². The fraction of sp³-hybridized carbons (Fsp3) is 0.400. The molecule has 0 spiro atoms. The Hall–Kier alpha value is -1.56. The molecule has 0 bridgehead atoms. The molecule has 0 aliphatic heterocycles. The molecule has 84 valence electrons. The van der Waals surface area contributed by atoms with Crippen LogP contribution in [0.1, 0.15) is 31.3 Å². The molecule has 2 aromatic heterocycles. The molecule has 2 rings (SSSR count). The van der Waals surface area contributed by atoms with E-state index in [2.05, 4.69) is 34.0 Å². The van der Waals surface area contributed by atoms with E-state index in [-0.39, 0.29) is 0 Å². The maximum absolute atomic E-state index is 5.19. The van der Waals surface area contributed by atoms with Gasteiger partial charge in [-0.2, -0.15) is 5.10 Å². The molecular weight excluding hydrogens is 222 g/mol. The quantitative estimate of drug-likeness (QED) is 0.825. The molecule has 0 unspecified atom stereocenters. The smallest absolute Gasteiger partial charge is 0.195 e. The van der Waals surface area contributed by atoms with Crippen LogP contribution in [0.3, 0.4) is 0 Å². The summed E-state index contributed by atoms with van der Waals surface area (Å²) >= 11 is 5.19. The summed E-state index contributed by atoms with van der Waals surface area (Å²) in [6.45, 7) is 4.80. The highest BCUT2D eigenvalue weighted by molar-refractivity contribution is 7.71. The Morgan fingerprint density at radius 2 is 2.31 bits per heavy atom. The van der Waals surface area contributed by atoms with Gasteiger partial charge in [-0.3, -0.25) is 9.67 Å². The van der Waals surface area contributed by atoms with E-state index in [1.807, 2.05) is 10.6 Å². The van der Waals surface area contributed by atoms with Gasteiger partial charge in [0.1, 0.15) is 12.2 Å². The predicted molar refractivity (Wildman–Crippen MR) is 62.6 cm³/mol. The molecule has 5 nitrogen and oxygen atoms in total. The SMILES string of the molecule is CC(C)c1n[nH]c(=S)n1Cc1ccncn1. The number of aromatic nitrogens is 5. The third-order valence-corrected chi connectivity index (χ3v) is 2.58. The fourth-order valence-electron chi connectivity index (χ4n) is 1.50. The minimum absolute atomic E-state index is 0.329. The summed E-state index contributed by atoms with van der Waals surface area (Å²) in [4.78, 5) is 8.06. The van der Waals surface area contributed by atoms with Crippen LogP contribution < -0.4 is 0 Å². The van der Waals surface area contributed by atoms with E-state index in [0.717, 1.165) is 11.5 Å². The van der Waals surface area contributed by atoms with Gasteiger partial charge in [-0.25, -0.2) is 9.97 Å². The molecule has 0 atom stereocenters. The van der Waals surface area contributed by atoms with Gasteiger partial charge in [0.15, 0.2) is 4.77 Å². The third-order valence-electron chi connectivity index (χ3n) is 2.27. The van der Waals surface area contributed by atoms with Crippen molar-refractivity contribution in [2.45, 2.75) is 26.3 Å². The summed E-state index contributed by atoms with van der Waals surface area (Å²) in [6, 6.07) is 1.87. The van der Waals surface area contributed by atoms with Crippen LogP contribution in [0.5, 0.6) is 0 Å². The van der Waals surface area contributed by atoms with Crippen LogP contribution in [-0.4, -0.2) is 24.7 Å². The Morgan fingerprint density at radius 1 is 1.50 bits per heavy atom. The largest absolute Gasteiger partial charge is 0.298 e. The molecule has 0 aliphatic rings. The minimum Gasteiger partial charge on any atom is -0.298 e. The van der Waals surface area contributed by atoms with E-state index in [1.165, 1.54) is 6.33 Å². The van der Waals surface area contributed by atoms with Gasteiger partial charge in [0.2, 0.25) is 0 Å². The van der Waals surface area contributed by atoms with Crippen LogP contribution in [0.25, 0.3) is 0 Å². The monoisotopic (exact) mass is 235 g/mol. The second kappa shape index (κ2) is 4.52. The van der Waals surface area contributed by atoms with Crippen molar-refractivity contribution in [3.05, 3.63) is 34.9 Å². The van der Waals surface area contributed by atoms with Gasteiger partial charge >= 0.3 is 0 Å². The first-order chi connectivity index (χ1) is 7.68. The number of nitrogens with zero attached hydrogens (tertiary/aromatic N) is 4. The number of hydrogen-bond acceptors (Lipinski definition) is 4. The number of rotatable bonds is 3. The first-order valence-electron chi connectivity index (χ1n) is 5.08.